The summed E-state index contributed by atoms with van der Waals surface area (Å²) in [7, 11) is 3.33. The highest BCUT2D eigenvalue weighted by molar-refractivity contribution is 6.28. The molecule has 3 heterocycles. The Morgan fingerprint density at radius 1 is 0.864 bits per heavy atom. The average Bonchev–Trinajstić information content (AvgIpc) is 3.45. The average molecular weight is 612 g/mol. The molecule has 3 aromatic heterocycles. The smallest absolute Gasteiger partial charge is 0.343 e. The SMILES string of the molecule is CCOC(=O)c1cn(-c2ncc3c(n2)-c2ccc(OC)cc2CC3)nc1N.COc1ccc2c(c1)CCc1cnc(Cl)nc1-2. The summed E-state index contributed by atoms with van der Waals surface area (Å²) >= 11 is 5.85. The number of fused-ring (bicyclic) bond motifs is 6. The number of nitrogens with zero attached hydrogens (tertiary/aromatic N) is 6. The summed E-state index contributed by atoms with van der Waals surface area (Å²) in [5.41, 5.74) is 14.7. The van der Waals surface area contributed by atoms with Gasteiger partial charge in [-0.25, -0.2) is 29.4 Å². The maximum Gasteiger partial charge on any atom is 0.343 e. The summed E-state index contributed by atoms with van der Waals surface area (Å²) < 4.78 is 16.9. The van der Waals surface area contributed by atoms with Crippen molar-refractivity contribution in [3.8, 4) is 40.0 Å². The van der Waals surface area contributed by atoms with Gasteiger partial charge in [0, 0.05) is 23.5 Å². The number of nitrogens with two attached hydrogens (primary N) is 1. The van der Waals surface area contributed by atoms with Gasteiger partial charge in [0.25, 0.3) is 5.95 Å². The van der Waals surface area contributed by atoms with Crippen molar-refractivity contribution in [3.05, 3.63) is 88.1 Å². The summed E-state index contributed by atoms with van der Waals surface area (Å²) in [4.78, 5) is 29.4. The zero-order valence-electron chi connectivity index (χ0n) is 24.5. The van der Waals surface area contributed by atoms with Crippen LogP contribution in [-0.2, 0) is 30.4 Å². The molecule has 0 fully saturated rings. The number of anilines is 1. The van der Waals surface area contributed by atoms with Gasteiger partial charge >= 0.3 is 5.97 Å². The van der Waals surface area contributed by atoms with Crippen molar-refractivity contribution in [1.29, 1.82) is 0 Å². The number of hydrogen-bond donors (Lipinski definition) is 1. The lowest BCUT2D eigenvalue weighted by atomic mass is 9.90. The second kappa shape index (κ2) is 12.3. The minimum absolute atomic E-state index is 0.0832. The molecule has 2 aliphatic carbocycles. The Balaban J connectivity index is 0.000000173. The van der Waals surface area contributed by atoms with Crippen molar-refractivity contribution >= 4 is 23.4 Å². The summed E-state index contributed by atoms with van der Waals surface area (Å²) in [6.45, 7) is 2.00. The van der Waals surface area contributed by atoms with E-state index in [9.17, 15) is 4.79 Å². The number of aryl methyl sites for hydroxylation is 4. The Morgan fingerprint density at radius 3 is 2.02 bits per heavy atom. The van der Waals surface area contributed by atoms with Crippen molar-refractivity contribution < 1.29 is 19.0 Å². The van der Waals surface area contributed by atoms with E-state index in [1.54, 1.807) is 27.3 Å². The lowest BCUT2D eigenvalue weighted by Gasteiger charge is -2.19. The van der Waals surface area contributed by atoms with Crippen LogP contribution in [0.5, 0.6) is 11.5 Å². The molecule has 224 valence electrons. The first-order valence-corrected chi connectivity index (χ1v) is 14.5. The number of esters is 1. The van der Waals surface area contributed by atoms with Crippen LogP contribution in [0.25, 0.3) is 28.5 Å². The molecule has 0 amide bonds. The van der Waals surface area contributed by atoms with Gasteiger partial charge in [-0.2, -0.15) is 0 Å². The van der Waals surface area contributed by atoms with E-state index >= 15 is 0 Å². The van der Waals surface area contributed by atoms with Crippen molar-refractivity contribution in [2.24, 2.45) is 0 Å². The van der Waals surface area contributed by atoms with Crippen LogP contribution in [0.2, 0.25) is 5.28 Å². The van der Waals surface area contributed by atoms with Crippen molar-refractivity contribution in [2.75, 3.05) is 26.6 Å². The van der Waals surface area contributed by atoms with Crippen LogP contribution in [0, 0.1) is 0 Å². The van der Waals surface area contributed by atoms with E-state index in [2.05, 4.69) is 31.1 Å². The highest BCUT2D eigenvalue weighted by Crippen LogP contribution is 2.35. The van der Waals surface area contributed by atoms with Gasteiger partial charge in [0.15, 0.2) is 5.82 Å². The minimum Gasteiger partial charge on any atom is -0.497 e. The molecule has 44 heavy (non-hydrogen) atoms. The van der Waals surface area contributed by atoms with Gasteiger partial charge in [0.1, 0.15) is 17.1 Å². The first kappa shape index (κ1) is 29.1. The van der Waals surface area contributed by atoms with Crippen LogP contribution in [0.1, 0.15) is 39.5 Å². The second-order valence-corrected chi connectivity index (χ2v) is 10.5. The van der Waals surface area contributed by atoms with Gasteiger partial charge in [-0.15, -0.1) is 5.10 Å². The highest BCUT2D eigenvalue weighted by Gasteiger charge is 2.22. The van der Waals surface area contributed by atoms with Crippen LogP contribution >= 0.6 is 11.6 Å². The fourth-order valence-electron chi connectivity index (χ4n) is 5.39. The highest BCUT2D eigenvalue weighted by atomic mass is 35.5. The van der Waals surface area contributed by atoms with Crippen LogP contribution in [0.3, 0.4) is 0 Å². The number of methoxy groups -OCH3 is 2. The zero-order chi connectivity index (χ0) is 30.8. The van der Waals surface area contributed by atoms with E-state index in [0.29, 0.717) is 11.2 Å². The molecule has 0 aliphatic heterocycles. The molecule has 11 nitrogen and oxygen atoms in total. The second-order valence-electron chi connectivity index (χ2n) is 10.2. The number of aromatic nitrogens is 6. The lowest BCUT2D eigenvalue weighted by Crippen LogP contribution is -2.10. The van der Waals surface area contributed by atoms with E-state index in [1.807, 2.05) is 36.5 Å². The predicted molar refractivity (Wildman–Crippen MR) is 165 cm³/mol. The first-order chi connectivity index (χ1) is 21.4. The van der Waals surface area contributed by atoms with Gasteiger partial charge in [-0.3, -0.25) is 0 Å². The van der Waals surface area contributed by atoms with Crippen LogP contribution in [0.4, 0.5) is 5.82 Å². The quantitative estimate of drug-likeness (QED) is 0.211. The van der Waals surface area contributed by atoms with Gasteiger partial charge in [0.2, 0.25) is 5.28 Å². The third-order valence-electron chi connectivity index (χ3n) is 7.59. The standard InChI is InChI=1S/C19H19N5O3.C13H11ClN2O/c1-3-27-18(25)15-10-24(23-17(15)20)19-21-9-12-5-4-11-8-13(26-2)6-7-14(11)16(12)22-19;1-17-10-4-5-11-8(6-10)2-3-9-7-15-13(14)16-12(9)11/h6-10H,3-5H2,1-2H3,(H2,20,23);4-7H,2-3H2,1H3. The molecule has 0 saturated heterocycles. The molecule has 2 aromatic carbocycles. The molecular weight excluding hydrogens is 582 g/mol. The van der Waals surface area contributed by atoms with Gasteiger partial charge in [-0.1, -0.05) is 0 Å². The maximum atomic E-state index is 12.0. The molecule has 2 aliphatic rings. The van der Waals surface area contributed by atoms with Crippen molar-refractivity contribution in [3.63, 3.8) is 0 Å². The van der Waals surface area contributed by atoms with Gasteiger partial charge < -0.3 is 19.9 Å². The molecule has 5 aromatic rings. The molecule has 0 saturated carbocycles. The van der Waals surface area contributed by atoms with E-state index in [4.69, 9.17) is 31.5 Å². The first-order valence-electron chi connectivity index (χ1n) is 14.1. The molecule has 0 atom stereocenters. The molecular formula is C32H30ClN7O4. The number of rotatable bonds is 5. The molecule has 0 unspecified atom stereocenters. The van der Waals surface area contributed by atoms with E-state index < -0.39 is 5.97 Å². The molecule has 0 radical (unpaired) electrons. The Morgan fingerprint density at radius 2 is 1.43 bits per heavy atom. The van der Waals surface area contributed by atoms with Crippen molar-refractivity contribution in [1.82, 2.24) is 29.7 Å². The molecule has 2 N–H and O–H groups in total. The largest absolute Gasteiger partial charge is 0.497 e. The predicted octanol–water partition coefficient (Wildman–Crippen LogP) is 5.10. The zero-order valence-corrected chi connectivity index (χ0v) is 25.3. The Hall–Kier alpha value is -5.03. The fraction of sp³-hybridized carbons (Fsp3) is 0.250. The summed E-state index contributed by atoms with van der Waals surface area (Å²) in [5, 5.41) is 4.46. The monoisotopic (exact) mass is 611 g/mol. The lowest BCUT2D eigenvalue weighted by molar-refractivity contribution is 0.0527. The molecule has 0 bridgehead atoms. The number of carbonyl (C=O) groups is 1. The maximum absolute atomic E-state index is 12.0. The van der Waals surface area contributed by atoms with E-state index in [1.165, 1.54) is 22.0 Å². The van der Waals surface area contributed by atoms with E-state index in [-0.39, 0.29) is 18.0 Å². The third kappa shape index (κ3) is 5.66. The number of hydrogen-bond acceptors (Lipinski definition) is 10. The molecule has 0 spiro atoms. The molecule has 7 rings (SSSR count). The Bertz CT molecular complexity index is 1870. The summed E-state index contributed by atoms with van der Waals surface area (Å²) in [6.07, 6.45) is 8.81. The minimum atomic E-state index is -0.517. The number of benzene rings is 2. The van der Waals surface area contributed by atoms with Crippen LogP contribution < -0.4 is 15.2 Å². The molecule has 12 heteroatoms. The number of halogens is 1. The van der Waals surface area contributed by atoms with Crippen molar-refractivity contribution in [2.45, 2.75) is 32.6 Å². The normalized spacial score (nSPS) is 12.5. The van der Waals surface area contributed by atoms with Crippen LogP contribution in [-0.4, -0.2) is 56.5 Å². The number of ether oxygens (including phenoxy) is 3. The van der Waals surface area contributed by atoms with Gasteiger partial charge in [-0.05, 0) is 103 Å². The Labute approximate surface area is 259 Å². The number of nitrogen functional groups attached to an aromatic ring is 1. The van der Waals surface area contributed by atoms with Gasteiger partial charge in [0.05, 0.1) is 38.4 Å². The fourth-order valence-corrected chi connectivity index (χ4v) is 5.52. The summed E-state index contributed by atoms with van der Waals surface area (Å²) in [6, 6.07) is 12.0. The Kier molecular flexibility index (Phi) is 8.12. The number of carbonyl (C=O) groups excluding carboxylic acids is 1. The third-order valence-corrected chi connectivity index (χ3v) is 7.77. The topological polar surface area (TPSA) is 140 Å². The van der Waals surface area contributed by atoms with E-state index in [0.717, 1.165) is 70.8 Å². The van der Waals surface area contributed by atoms with Crippen LogP contribution in [0.15, 0.2) is 55.0 Å². The summed E-state index contributed by atoms with van der Waals surface area (Å²) in [5.74, 6) is 1.62.